The first-order chi connectivity index (χ1) is 7.78. The van der Waals surface area contributed by atoms with Crippen molar-refractivity contribution in [3.63, 3.8) is 0 Å². The van der Waals surface area contributed by atoms with Gasteiger partial charge in [0.1, 0.15) is 5.82 Å². The van der Waals surface area contributed by atoms with E-state index in [0.717, 1.165) is 25.2 Å². The Labute approximate surface area is 94.4 Å². The van der Waals surface area contributed by atoms with E-state index in [4.69, 9.17) is 9.84 Å². The number of rotatable bonds is 3. The highest BCUT2D eigenvalue weighted by Gasteiger charge is 2.19. The second kappa shape index (κ2) is 5.39. The van der Waals surface area contributed by atoms with E-state index in [1.54, 1.807) is 12.1 Å². The molecule has 16 heavy (non-hydrogen) atoms. The van der Waals surface area contributed by atoms with E-state index >= 15 is 0 Å². The highest BCUT2D eigenvalue weighted by molar-refractivity contribution is 5.15. The van der Waals surface area contributed by atoms with Gasteiger partial charge in [0.15, 0.2) is 0 Å². The van der Waals surface area contributed by atoms with Gasteiger partial charge in [0.2, 0.25) is 0 Å². The van der Waals surface area contributed by atoms with Gasteiger partial charge in [0.25, 0.3) is 0 Å². The number of halogens is 1. The monoisotopic (exact) mass is 225 g/mol. The molecule has 1 aromatic carbocycles. The number of nitrogens with zero attached hydrogens (tertiary/aromatic N) is 1. The summed E-state index contributed by atoms with van der Waals surface area (Å²) in [6.45, 7) is 3.06. The fraction of sp³-hybridized carbons (Fsp3) is 0.500. The topological polar surface area (TPSA) is 32.7 Å². The Bertz CT molecular complexity index is 328. The molecule has 1 aliphatic heterocycles. The molecular formula is C12H16FNO2. The second-order valence-electron chi connectivity index (χ2n) is 4.04. The average Bonchev–Trinajstić information content (AvgIpc) is 2.32. The van der Waals surface area contributed by atoms with Gasteiger partial charge in [-0.1, -0.05) is 12.1 Å². The molecule has 1 heterocycles. The highest BCUT2D eigenvalue weighted by atomic mass is 19.1. The fourth-order valence-corrected chi connectivity index (χ4v) is 1.88. The van der Waals surface area contributed by atoms with E-state index in [1.807, 2.05) is 0 Å². The minimum atomic E-state index is -0.209. The minimum Gasteiger partial charge on any atom is -0.394 e. The van der Waals surface area contributed by atoms with Gasteiger partial charge in [0.05, 0.1) is 19.3 Å². The van der Waals surface area contributed by atoms with Crippen molar-refractivity contribution in [2.45, 2.75) is 12.6 Å². The molecule has 1 unspecified atom stereocenters. The molecule has 0 spiro atoms. The lowest BCUT2D eigenvalue weighted by atomic mass is 10.2. The van der Waals surface area contributed by atoms with E-state index in [-0.39, 0.29) is 18.5 Å². The van der Waals surface area contributed by atoms with Gasteiger partial charge in [-0.2, -0.15) is 0 Å². The molecule has 0 amide bonds. The van der Waals surface area contributed by atoms with Crippen LogP contribution in [0.5, 0.6) is 0 Å². The summed E-state index contributed by atoms with van der Waals surface area (Å²) in [6.07, 6.45) is -0.0887. The predicted octanol–water partition coefficient (Wildman–Crippen LogP) is 1.02. The van der Waals surface area contributed by atoms with Crippen LogP contribution in [0.4, 0.5) is 4.39 Å². The third-order valence-corrected chi connectivity index (χ3v) is 2.75. The van der Waals surface area contributed by atoms with Crippen LogP contribution >= 0.6 is 0 Å². The maximum atomic E-state index is 12.7. The molecule has 1 fully saturated rings. The molecule has 88 valence electrons. The minimum absolute atomic E-state index is 0.0555. The van der Waals surface area contributed by atoms with Gasteiger partial charge in [-0.25, -0.2) is 4.39 Å². The lowest BCUT2D eigenvalue weighted by Crippen LogP contribution is -2.43. The number of ether oxygens (including phenoxy) is 1. The zero-order chi connectivity index (χ0) is 11.4. The van der Waals surface area contributed by atoms with Crippen molar-refractivity contribution in [2.24, 2.45) is 0 Å². The first kappa shape index (κ1) is 11.5. The first-order valence-electron chi connectivity index (χ1n) is 5.47. The first-order valence-corrected chi connectivity index (χ1v) is 5.47. The molecule has 3 nitrogen and oxygen atoms in total. The van der Waals surface area contributed by atoms with Crippen LogP contribution in [0, 0.1) is 5.82 Å². The molecule has 0 aromatic heterocycles. The second-order valence-corrected chi connectivity index (χ2v) is 4.04. The van der Waals surface area contributed by atoms with Crippen molar-refractivity contribution < 1.29 is 14.2 Å². The number of hydrogen-bond acceptors (Lipinski definition) is 3. The maximum Gasteiger partial charge on any atom is 0.123 e. The van der Waals surface area contributed by atoms with Gasteiger partial charge < -0.3 is 9.84 Å². The number of morpholine rings is 1. The summed E-state index contributed by atoms with van der Waals surface area (Å²) in [5, 5.41) is 9.01. The Balaban J connectivity index is 1.91. The van der Waals surface area contributed by atoms with Crippen LogP contribution in [0.25, 0.3) is 0 Å². The summed E-state index contributed by atoms with van der Waals surface area (Å²) in [6, 6.07) is 6.52. The maximum absolute atomic E-state index is 12.7. The van der Waals surface area contributed by atoms with Crippen LogP contribution in [-0.2, 0) is 11.3 Å². The van der Waals surface area contributed by atoms with Crippen molar-refractivity contribution in [1.82, 2.24) is 4.90 Å². The summed E-state index contributed by atoms with van der Waals surface area (Å²) in [4.78, 5) is 2.21. The molecule has 0 bridgehead atoms. The van der Waals surface area contributed by atoms with Crippen molar-refractivity contribution in [2.75, 3.05) is 26.3 Å². The third-order valence-electron chi connectivity index (χ3n) is 2.75. The van der Waals surface area contributed by atoms with Crippen LogP contribution in [0.15, 0.2) is 24.3 Å². The molecule has 2 rings (SSSR count). The number of hydrogen-bond donors (Lipinski definition) is 1. The molecule has 1 atom stereocenters. The van der Waals surface area contributed by atoms with Crippen molar-refractivity contribution in [1.29, 1.82) is 0 Å². The SMILES string of the molecule is OCC1CN(Cc2ccc(F)cc2)CCO1. The quantitative estimate of drug-likeness (QED) is 0.833. The Morgan fingerprint density at radius 2 is 2.12 bits per heavy atom. The summed E-state index contributed by atoms with van der Waals surface area (Å²) in [5.74, 6) is -0.209. The van der Waals surface area contributed by atoms with Gasteiger partial charge >= 0.3 is 0 Å². The standard InChI is InChI=1S/C12H16FNO2/c13-11-3-1-10(2-4-11)7-14-5-6-16-12(8-14)9-15/h1-4,12,15H,5-9H2. The van der Waals surface area contributed by atoms with Crippen LogP contribution in [0.2, 0.25) is 0 Å². The molecule has 1 aromatic rings. The van der Waals surface area contributed by atoms with Gasteiger partial charge in [-0.15, -0.1) is 0 Å². The van der Waals surface area contributed by atoms with Gasteiger partial charge in [0, 0.05) is 19.6 Å². The summed E-state index contributed by atoms with van der Waals surface area (Å²) >= 11 is 0. The molecule has 4 heteroatoms. The van der Waals surface area contributed by atoms with Crippen molar-refractivity contribution in [3.8, 4) is 0 Å². The Kier molecular flexibility index (Phi) is 3.88. The third kappa shape index (κ3) is 3.01. The summed E-state index contributed by atoms with van der Waals surface area (Å²) in [5.41, 5.74) is 1.08. The van der Waals surface area contributed by atoms with Gasteiger partial charge in [-0.05, 0) is 17.7 Å². The van der Waals surface area contributed by atoms with E-state index < -0.39 is 0 Å². The summed E-state index contributed by atoms with van der Waals surface area (Å²) < 4.78 is 18.1. The molecule has 1 saturated heterocycles. The van der Waals surface area contributed by atoms with E-state index in [9.17, 15) is 4.39 Å². The van der Waals surface area contributed by atoms with Crippen molar-refractivity contribution in [3.05, 3.63) is 35.6 Å². The predicted molar refractivity (Wildman–Crippen MR) is 58.5 cm³/mol. The molecule has 1 aliphatic rings. The van der Waals surface area contributed by atoms with Crippen LogP contribution in [-0.4, -0.2) is 42.4 Å². The van der Waals surface area contributed by atoms with E-state index in [2.05, 4.69) is 4.90 Å². The zero-order valence-electron chi connectivity index (χ0n) is 9.10. The fourth-order valence-electron chi connectivity index (χ4n) is 1.88. The Morgan fingerprint density at radius 3 is 2.81 bits per heavy atom. The lowest BCUT2D eigenvalue weighted by Gasteiger charge is -2.31. The highest BCUT2D eigenvalue weighted by Crippen LogP contribution is 2.10. The van der Waals surface area contributed by atoms with Gasteiger partial charge in [-0.3, -0.25) is 4.90 Å². The van der Waals surface area contributed by atoms with Crippen LogP contribution in [0.3, 0.4) is 0 Å². The van der Waals surface area contributed by atoms with Crippen LogP contribution in [0.1, 0.15) is 5.56 Å². The molecule has 0 aliphatic carbocycles. The number of benzene rings is 1. The Hall–Kier alpha value is -0.970. The average molecular weight is 225 g/mol. The number of aliphatic hydroxyl groups is 1. The largest absolute Gasteiger partial charge is 0.394 e. The number of aliphatic hydroxyl groups excluding tert-OH is 1. The zero-order valence-corrected chi connectivity index (χ0v) is 9.10. The molecular weight excluding hydrogens is 209 g/mol. The molecule has 0 radical (unpaired) electrons. The molecule has 0 saturated carbocycles. The van der Waals surface area contributed by atoms with Crippen LogP contribution < -0.4 is 0 Å². The lowest BCUT2D eigenvalue weighted by molar-refractivity contribution is -0.0551. The summed E-state index contributed by atoms with van der Waals surface area (Å²) in [7, 11) is 0. The Morgan fingerprint density at radius 1 is 1.38 bits per heavy atom. The van der Waals surface area contributed by atoms with E-state index in [0.29, 0.717) is 6.61 Å². The molecule has 1 N–H and O–H groups in total. The van der Waals surface area contributed by atoms with E-state index in [1.165, 1.54) is 12.1 Å². The normalized spacial score (nSPS) is 22.2. The van der Waals surface area contributed by atoms with Crippen molar-refractivity contribution >= 4 is 0 Å². The smallest absolute Gasteiger partial charge is 0.123 e.